The summed E-state index contributed by atoms with van der Waals surface area (Å²) in [5.74, 6) is -0.401. The Morgan fingerprint density at radius 3 is 2.50 bits per heavy atom. The highest BCUT2D eigenvalue weighted by molar-refractivity contribution is 8.13. The molecule has 0 fully saturated rings. The number of rotatable bonds is 7. The van der Waals surface area contributed by atoms with Crippen molar-refractivity contribution in [3.8, 4) is 0 Å². The number of ether oxygens (including phenoxy) is 2. The molecule has 1 amide bonds. The molecule has 0 saturated heterocycles. The first-order valence-corrected chi connectivity index (χ1v) is 8.04. The molecule has 0 aliphatic carbocycles. The Morgan fingerprint density at radius 1 is 1.25 bits per heavy atom. The molecular formula is C12H16ClNO5S. The van der Waals surface area contributed by atoms with Crippen LogP contribution in [0.2, 0.25) is 0 Å². The smallest absolute Gasteiger partial charge is 0.261 e. The molecule has 0 aromatic heterocycles. The summed E-state index contributed by atoms with van der Waals surface area (Å²) in [5, 5.41) is 2.61. The summed E-state index contributed by atoms with van der Waals surface area (Å²) >= 11 is 0. The normalized spacial score (nSPS) is 11.3. The van der Waals surface area contributed by atoms with Crippen molar-refractivity contribution < 1.29 is 22.7 Å². The number of amides is 1. The molecule has 1 aromatic carbocycles. The number of hydrogen-bond donors (Lipinski definition) is 1. The molecule has 0 bridgehead atoms. The topological polar surface area (TPSA) is 81.7 Å². The van der Waals surface area contributed by atoms with Crippen LogP contribution >= 0.6 is 10.7 Å². The number of nitrogens with one attached hydrogen (secondary N) is 1. The summed E-state index contributed by atoms with van der Waals surface area (Å²) in [6, 6.07) is 4.15. The van der Waals surface area contributed by atoms with Gasteiger partial charge in [0.25, 0.3) is 15.0 Å². The van der Waals surface area contributed by atoms with E-state index in [-0.39, 0.29) is 17.1 Å². The molecule has 1 N–H and O–H groups in total. The number of benzene rings is 1. The molecule has 20 heavy (non-hydrogen) atoms. The highest BCUT2D eigenvalue weighted by Gasteiger charge is 2.15. The van der Waals surface area contributed by atoms with Gasteiger partial charge in [-0.05, 0) is 23.8 Å². The van der Waals surface area contributed by atoms with Gasteiger partial charge in [-0.3, -0.25) is 4.79 Å². The van der Waals surface area contributed by atoms with E-state index in [1.54, 1.807) is 6.07 Å². The molecule has 0 heterocycles. The summed E-state index contributed by atoms with van der Waals surface area (Å²) in [6.07, 6.45) is 0. The molecular weight excluding hydrogens is 306 g/mol. The van der Waals surface area contributed by atoms with Crippen molar-refractivity contribution in [3.63, 3.8) is 0 Å². The number of halogens is 1. The molecule has 1 rings (SSSR count). The Labute approximate surface area is 122 Å². The Hall–Kier alpha value is -1.15. The molecule has 0 saturated carbocycles. The Morgan fingerprint density at radius 2 is 1.95 bits per heavy atom. The summed E-state index contributed by atoms with van der Waals surface area (Å²) in [7, 11) is 4.39. The highest BCUT2D eigenvalue weighted by atomic mass is 35.7. The first-order valence-electron chi connectivity index (χ1n) is 5.73. The largest absolute Gasteiger partial charge is 0.383 e. The molecule has 0 atom stereocenters. The zero-order chi connectivity index (χ0) is 15.2. The third kappa shape index (κ3) is 5.09. The van der Waals surface area contributed by atoms with E-state index in [0.29, 0.717) is 18.7 Å². The lowest BCUT2D eigenvalue weighted by atomic mass is 10.1. The zero-order valence-corrected chi connectivity index (χ0v) is 12.8. The maximum absolute atomic E-state index is 11.9. The second kappa shape index (κ2) is 7.58. The van der Waals surface area contributed by atoms with Gasteiger partial charge in [-0.1, -0.05) is 0 Å². The Balaban J connectivity index is 3.05. The van der Waals surface area contributed by atoms with Gasteiger partial charge in [-0.2, -0.15) is 0 Å². The SMILES string of the molecule is COCCNC(=O)c1cc(COC)cc(S(=O)(=O)Cl)c1. The fourth-order valence-corrected chi connectivity index (χ4v) is 2.38. The number of carbonyl (C=O) groups excluding carboxylic acids is 1. The quantitative estimate of drug-likeness (QED) is 0.601. The summed E-state index contributed by atoms with van der Waals surface area (Å²) in [4.78, 5) is 11.8. The van der Waals surface area contributed by atoms with Crippen molar-refractivity contribution in [2.24, 2.45) is 0 Å². The van der Waals surface area contributed by atoms with Crippen LogP contribution in [0.25, 0.3) is 0 Å². The van der Waals surface area contributed by atoms with Crippen molar-refractivity contribution in [3.05, 3.63) is 29.3 Å². The molecule has 0 aliphatic heterocycles. The van der Waals surface area contributed by atoms with E-state index < -0.39 is 15.0 Å². The van der Waals surface area contributed by atoms with Crippen LogP contribution in [0.4, 0.5) is 0 Å². The monoisotopic (exact) mass is 321 g/mol. The molecule has 6 nitrogen and oxygen atoms in total. The van der Waals surface area contributed by atoms with Crippen LogP contribution in [0.1, 0.15) is 15.9 Å². The maximum Gasteiger partial charge on any atom is 0.261 e. The second-order valence-electron chi connectivity index (χ2n) is 3.99. The number of carbonyl (C=O) groups is 1. The predicted octanol–water partition coefficient (Wildman–Crippen LogP) is 1.14. The van der Waals surface area contributed by atoms with Crippen molar-refractivity contribution in [2.45, 2.75) is 11.5 Å². The van der Waals surface area contributed by atoms with Crippen LogP contribution in [0.5, 0.6) is 0 Å². The maximum atomic E-state index is 11.9. The minimum Gasteiger partial charge on any atom is -0.383 e. The van der Waals surface area contributed by atoms with Gasteiger partial charge in [0, 0.05) is 37.0 Å². The fraction of sp³-hybridized carbons (Fsp3) is 0.417. The Kier molecular flexibility index (Phi) is 6.41. The van der Waals surface area contributed by atoms with Gasteiger partial charge in [-0.15, -0.1) is 0 Å². The number of methoxy groups -OCH3 is 2. The van der Waals surface area contributed by atoms with Gasteiger partial charge in [0.2, 0.25) is 0 Å². The van der Waals surface area contributed by atoms with E-state index in [4.69, 9.17) is 20.2 Å². The molecule has 0 unspecified atom stereocenters. The zero-order valence-electron chi connectivity index (χ0n) is 11.2. The van der Waals surface area contributed by atoms with Crippen molar-refractivity contribution >= 4 is 25.6 Å². The van der Waals surface area contributed by atoms with E-state index in [1.807, 2.05) is 0 Å². The molecule has 0 spiro atoms. The van der Waals surface area contributed by atoms with Gasteiger partial charge >= 0.3 is 0 Å². The minimum atomic E-state index is -3.91. The van der Waals surface area contributed by atoms with E-state index in [9.17, 15) is 13.2 Å². The van der Waals surface area contributed by atoms with Crippen molar-refractivity contribution in [1.82, 2.24) is 5.32 Å². The molecule has 8 heteroatoms. The van der Waals surface area contributed by atoms with E-state index >= 15 is 0 Å². The molecule has 0 radical (unpaired) electrons. The van der Waals surface area contributed by atoms with Gasteiger partial charge in [0.15, 0.2) is 0 Å². The second-order valence-corrected chi connectivity index (χ2v) is 6.55. The highest BCUT2D eigenvalue weighted by Crippen LogP contribution is 2.19. The van der Waals surface area contributed by atoms with Crippen LogP contribution in [0.3, 0.4) is 0 Å². The van der Waals surface area contributed by atoms with Crippen LogP contribution < -0.4 is 5.32 Å². The lowest BCUT2D eigenvalue weighted by Crippen LogP contribution is -2.27. The van der Waals surface area contributed by atoms with Crippen molar-refractivity contribution in [1.29, 1.82) is 0 Å². The lowest BCUT2D eigenvalue weighted by molar-refractivity contribution is 0.0936. The van der Waals surface area contributed by atoms with E-state index in [1.165, 1.54) is 26.4 Å². The number of hydrogen-bond acceptors (Lipinski definition) is 5. The molecule has 112 valence electrons. The third-order valence-corrected chi connectivity index (χ3v) is 3.75. The van der Waals surface area contributed by atoms with E-state index in [2.05, 4.69) is 5.32 Å². The first kappa shape index (κ1) is 16.9. The third-order valence-electron chi connectivity index (χ3n) is 2.41. The van der Waals surface area contributed by atoms with Crippen molar-refractivity contribution in [2.75, 3.05) is 27.4 Å². The predicted molar refractivity (Wildman–Crippen MR) is 74.4 cm³/mol. The van der Waals surface area contributed by atoms with Crippen LogP contribution in [-0.2, 0) is 25.1 Å². The molecule has 0 aliphatic rings. The average Bonchev–Trinajstić information content (AvgIpc) is 2.38. The summed E-state index contributed by atoms with van der Waals surface area (Å²) in [5.41, 5.74) is 0.751. The van der Waals surface area contributed by atoms with Crippen LogP contribution in [0.15, 0.2) is 23.1 Å². The van der Waals surface area contributed by atoms with Gasteiger partial charge in [-0.25, -0.2) is 8.42 Å². The first-order chi connectivity index (χ1) is 9.38. The Bertz CT molecular complexity index is 573. The summed E-state index contributed by atoms with van der Waals surface area (Å²) < 4.78 is 32.6. The minimum absolute atomic E-state index is 0.134. The van der Waals surface area contributed by atoms with Gasteiger partial charge in [0.05, 0.1) is 18.1 Å². The van der Waals surface area contributed by atoms with Gasteiger partial charge in [0.1, 0.15) is 0 Å². The average molecular weight is 322 g/mol. The van der Waals surface area contributed by atoms with Crippen LogP contribution in [-0.4, -0.2) is 41.7 Å². The van der Waals surface area contributed by atoms with Crippen LogP contribution in [0, 0.1) is 0 Å². The van der Waals surface area contributed by atoms with E-state index in [0.717, 1.165) is 0 Å². The van der Waals surface area contributed by atoms with Gasteiger partial charge < -0.3 is 14.8 Å². The molecule has 1 aromatic rings. The fourth-order valence-electron chi connectivity index (χ4n) is 1.55. The lowest BCUT2D eigenvalue weighted by Gasteiger charge is -2.08. The standard InChI is InChI=1S/C12H16ClNO5S/c1-18-4-3-14-12(15)10-5-9(8-19-2)6-11(7-10)20(13,16)17/h5-7H,3-4,8H2,1-2H3,(H,14,15). The summed E-state index contributed by atoms with van der Waals surface area (Å²) in [6.45, 7) is 0.871.